The standard InChI is InChI=1S/C19H27F2N3O2/c1-15-16(13-22-7-5-19(20,21)6-8-22)3-2-4-17(15)14-23-9-11-24(12-10-23)18(25)26/h2-4H,5-14H2,1H3,(H,25,26). The molecule has 144 valence electrons. The van der Waals surface area contributed by atoms with E-state index < -0.39 is 12.0 Å². The van der Waals surface area contributed by atoms with Crippen molar-refractivity contribution in [1.82, 2.24) is 14.7 Å². The van der Waals surface area contributed by atoms with E-state index in [9.17, 15) is 13.6 Å². The molecule has 0 radical (unpaired) electrons. The van der Waals surface area contributed by atoms with Gasteiger partial charge < -0.3 is 10.0 Å². The fourth-order valence-corrected chi connectivity index (χ4v) is 3.70. The average molecular weight is 367 g/mol. The molecule has 2 saturated heterocycles. The molecular formula is C19H27F2N3O2. The Balaban J connectivity index is 1.58. The monoisotopic (exact) mass is 367 g/mol. The minimum atomic E-state index is -2.51. The first-order valence-electron chi connectivity index (χ1n) is 9.22. The van der Waals surface area contributed by atoms with Crippen molar-refractivity contribution in [3.63, 3.8) is 0 Å². The quantitative estimate of drug-likeness (QED) is 0.889. The highest BCUT2D eigenvalue weighted by Gasteiger charge is 2.34. The zero-order valence-electron chi connectivity index (χ0n) is 15.3. The topological polar surface area (TPSA) is 47.0 Å². The van der Waals surface area contributed by atoms with Crippen LogP contribution in [0, 0.1) is 6.92 Å². The number of amides is 1. The van der Waals surface area contributed by atoms with Crippen LogP contribution in [0.1, 0.15) is 29.5 Å². The van der Waals surface area contributed by atoms with Crippen molar-refractivity contribution in [2.75, 3.05) is 39.3 Å². The predicted molar refractivity (Wildman–Crippen MR) is 95.5 cm³/mol. The van der Waals surface area contributed by atoms with Crippen molar-refractivity contribution in [2.24, 2.45) is 0 Å². The number of piperidine rings is 1. The van der Waals surface area contributed by atoms with E-state index in [4.69, 9.17) is 5.11 Å². The van der Waals surface area contributed by atoms with Gasteiger partial charge in [0.2, 0.25) is 0 Å². The number of carboxylic acid groups (broad SMARTS) is 1. The Labute approximate surface area is 153 Å². The molecule has 1 aromatic carbocycles. The van der Waals surface area contributed by atoms with Crippen molar-refractivity contribution in [2.45, 2.75) is 38.8 Å². The van der Waals surface area contributed by atoms with E-state index in [-0.39, 0.29) is 12.8 Å². The van der Waals surface area contributed by atoms with E-state index in [1.807, 2.05) is 6.07 Å². The lowest BCUT2D eigenvalue weighted by molar-refractivity contribution is -0.0566. The van der Waals surface area contributed by atoms with Crippen molar-refractivity contribution in [3.05, 3.63) is 34.9 Å². The molecule has 7 heteroatoms. The number of rotatable bonds is 4. The van der Waals surface area contributed by atoms with Crippen LogP contribution in [-0.2, 0) is 13.1 Å². The highest BCUT2D eigenvalue weighted by atomic mass is 19.3. The largest absolute Gasteiger partial charge is 0.465 e. The zero-order chi connectivity index (χ0) is 18.7. The van der Waals surface area contributed by atoms with Gasteiger partial charge in [0.25, 0.3) is 5.92 Å². The Morgan fingerprint density at radius 2 is 1.50 bits per heavy atom. The molecule has 3 rings (SSSR count). The highest BCUT2D eigenvalue weighted by Crippen LogP contribution is 2.29. The summed E-state index contributed by atoms with van der Waals surface area (Å²) in [6, 6.07) is 6.21. The van der Waals surface area contributed by atoms with Crippen LogP contribution in [0.2, 0.25) is 0 Å². The summed E-state index contributed by atoms with van der Waals surface area (Å²) < 4.78 is 26.7. The molecular weight excluding hydrogens is 340 g/mol. The second kappa shape index (κ2) is 7.88. The summed E-state index contributed by atoms with van der Waals surface area (Å²) in [6.45, 7) is 7.02. The summed E-state index contributed by atoms with van der Waals surface area (Å²) in [6.07, 6.45) is -0.964. The molecule has 0 atom stereocenters. The van der Waals surface area contributed by atoms with Gasteiger partial charge in [0.05, 0.1) is 0 Å². The first-order valence-corrected chi connectivity index (χ1v) is 9.22. The summed E-state index contributed by atoms with van der Waals surface area (Å²) in [5.74, 6) is -2.51. The Morgan fingerprint density at radius 3 is 2.00 bits per heavy atom. The SMILES string of the molecule is Cc1c(CN2CCN(C(=O)O)CC2)cccc1CN1CCC(F)(F)CC1. The normalized spacial score (nSPS) is 21.7. The number of hydrogen-bond acceptors (Lipinski definition) is 3. The van der Waals surface area contributed by atoms with Crippen LogP contribution in [0.15, 0.2) is 18.2 Å². The number of piperazine rings is 1. The lowest BCUT2D eigenvalue weighted by atomic mass is 9.99. The molecule has 1 N–H and O–H groups in total. The van der Waals surface area contributed by atoms with E-state index >= 15 is 0 Å². The van der Waals surface area contributed by atoms with E-state index in [1.165, 1.54) is 21.6 Å². The molecule has 2 fully saturated rings. The molecule has 1 amide bonds. The number of carbonyl (C=O) groups is 1. The van der Waals surface area contributed by atoms with E-state index in [0.717, 1.165) is 19.6 Å². The van der Waals surface area contributed by atoms with Gasteiger partial charge in [-0.2, -0.15) is 0 Å². The number of nitrogens with zero attached hydrogens (tertiary/aromatic N) is 3. The molecule has 0 unspecified atom stereocenters. The van der Waals surface area contributed by atoms with Crippen LogP contribution < -0.4 is 0 Å². The predicted octanol–water partition coefficient (Wildman–Crippen LogP) is 3.02. The van der Waals surface area contributed by atoms with E-state index in [1.54, 1.807) is 0 Å². The number of likely N-dealkylation sites (tertiary alicyclic amines) is 1. The number of hydrogen-bond donors (Lipinski definition) is 1. The molecule has 2 aliphatic heterocycles. The maximum atomic E-state index is 13.3. The molecule has 2 aliphatic rings. The van der Waals surface area contributed by atoms with Crippen molar-refractivity contribution in [3.8, 4) is 0 Å². The van der Waals surface area contributed by atoms with Gasteiger partial charge in [0.15, 0.2) is 0 Å². The van der Waals surface area contributed by atoms with Gasteiger partial charge >= 0.3 is 6.09 Å². The van der Waals surface area contributed by atoms with Crippen LogP contribution in [0.5, 0.6) is 0 Å². The second-order valence-corrected chi connectivity index (χ2v) is 7.38. The maximum Gasteiger partial charge on any atom is 0.407 e. The average Bonchev–Trinajstić information content (AvgIpc) is 2.60. The van der Waals surface area contributed by atoms with E-state index in [0.29, 0.717) is 32.7 Å². The number of halogens is 2. The van der Waals surface area contributed by atoms with Crippen molar-refractivity contribution >= 4 is 6.09 Å². The van der Waals surface area contributed by atoms with Crippen LogP contribution in [0.3, 0.4) is 0 Å². The summed E-state index contributed by atoms with van der Waals surface area (Å²) in [7, 11) is 0. The molecule has 0 aromatic heterocycles. The summed E-state index contributed by atoms with van der Waals surface area (Å²) in [5, 5.41) is 9.04. The molecule has 0 saturated carbocycles. The van der Waals surface area contributed by atoms with Gasteiger partial charge in [-0.3, -0.25) is 9.80 Å². The fraction of sp³-hybridized carbons (Fsp3) is 0.632. The third-order valence-corrected chi connectivity index (χ3v) is 5.58. The first-order chi connectivity index (χ1) is 12.3. The van der Waals surface area contributed by atoms with Gasteiger partial charge in [-0.1, -0.05) is 18.2 Å². The Kier molecular flexibility index (Phi) is 5.77. The number of alkyl halides is 2. The lowest BCUT2D eigenvalue weighted by Crippen LogP contribution is -2.47. The fourth-order valence-electron chi connectivity index (χ4n) is 3.70. The summed E-state index contributed by atoms with van der Waals surface area (Å²) >= 11 is 0. The summed E-state index contributed by atoms with van der Waals surface area (Å²) in [5.41, 5.74) is 3.64. The smallest absolute Gasteiger partial charge is 0.407 e. The lowest BCUT2D eigenvalue weighted by Gasteiger charge is -2.34. The Hall–Kier alpha value is -1.73. The molecule has 0 bridgehead atoms. The van der Waals surface area contributed by atoms with Gasteiger partial charge in [0.1, 0.15) is 0 Å². The molecule has 26 heavy (non-hydrogen) atoms. The van der Waals surface area contributed by atoms with Crippen LogP contribution in [-0.4, -0.2) is 71.1 Å². The van der Waals surface area contributed by atoms with E-state index in [2.05, 4.69) is 28.9 Å². The minimum absolute atomic E-state index is 0.0560. The second-order valence-electron chi connectivity index (χ2n) is 7.38. The minimum Gasteiger partial charge on any atom is -0.465 e. The number of benzene rings is 1. The maximum absolute atomic E-state index is 13.3. The molecule has 2 heterocycles. The van der Waals surface area contributed by atoms with Crippen molar-refractivity contribution < 1.29 is 18.7 Å². The third kappa shape index (κ3) is 4.71. The van der Waals surface area contributed by atoms with Gasteiger partial charge in [-0.25, -0.2) is 13.6 Å². The zero-order valence-corrected chi connectivity index (χ0v) is 15.3. The molecule has 0 spiro atoms. The Bertz CT molecular complexity index is 636. The first kappa shape index (κ1) is 19.0. The van der Waals surface area contributed by atoms with Crippen LogP contribution in [0.4, 0.5) is 13.6 Å². The van der Waals surface area contributed by atoms with Gasteiger partial charge in [-0.15, -0.1) is 0 Å². The molecule has 1 aromatic rings. The molecule has 5 nitrogen and oxygen atoms in total. The van der Waals surface area contributed by atoms with Crippen LogP contribution in [0.25, 0.3) is 0 Å². The van der Waals surface area contributed by atoms with Crippen molar-refractivity contribution in [1.29, 1.82) is 0 Å². The highest BCUT2D eigenvalue weighted by molar-refractivity contribution is 5.65. The van der Waals surface area contributed by atoms with Crippen LogP contribution >= 0.6 is 0 Å². The summed E-state index contributed by atoms with van der Waals surface area (Å²) in [4.78, 5) is 16.8. The Morgan fingerprint density at radius 1 is 1.00 bits per heavy atom. The van der Waals surface area contributed by atoms with Gasteiger partial charge in [-0.05, 0) is 23.6 Å². The third-order valence-electron chi connectivity index (χ3n) is 5.58. The molecule has 0 aliphatic carbocycles. The van der Waals surface area contributed by atoms with Gasteiger partial charge in [0, 0.05) is 65.2 Å².